The smallest absolute Gasteiger partial charge is 0.271 e. The molecule has 162 valence electrons. The van der Waals surface area contributed by atoms with E-state index >= 15 is 0 Å². The highest BCUT2D eigenvalue weighted by Gasteiger charge is 2.51. The predicted molar refractivity (Wildman–Crippen MR) is 113 cm³/mol. The summed E-state index contributed by atoms with van der Waals surface area (Å²) in [5.74, 6) is 1.81. The molecule has 1 unspecified atom stereocenters. The molecule has 4 heterocycles. The van der Waals surface area contributed by atoms with Crippen molar-refractivity contribution < 1.29 is 14.3 Å². The molecule has 2 aromatic heterocycles. The first-order valence-corrected chi connectivity index (χ1v) is 10.5. The molecule has 1 aromatic carbocycles. The number of hydrogen-bond acceptors (Lipinski definition) is 6. The van der Waals surface area contributed by atoms with Crippen molar-refractivity contribution in [2.24, 2.45) is 12.5 Å². The molecule has 9 heteroatoms. The fourth-order valence-electron chi connectivity index (χ4n) is 4.88. The maximum absolute atomic E-state index is 13.4. The van der Waals surface area contributed by atoms with Crippen LogP contribution in [0.25, 0.3) is 11.3 Å². The summed E-state index contributed by atoms with van der Waals surface area (Å²) in [5, 5.41) is 15.7. The van der Waals surface area contributed by atoms with Gasteiger partial charge >= 0.3 is 0 Å². The van der Waals surface area contributed by atoms with Crippen molar-refractivity contribution in [2.75, 3.05) is 33.4 Å². The third-order valence-corrected chi connectivity index (χ3v) is 6.68. The van der Waals surface area contributed by atoms with Gasteiger partial charge in [-0.05, 0) is 43.2 Å². The number of carbonyl (C=O) groups is 1. The van der Waals surface area contributed by atoms with E-state index in [0.717, 1.165) is 35.7 Å². The van der Waals surface area contributed by atoms with Crippen LogP contribution in [-0.2, 0) is 11.8 Å². The van der Waals surface area contributed by atoms with Crippen LogP contribution in [0, 0.1) is 5.41 Å². The van der Waals surface area contributed by atoms with Crippen LogP contribution in [0.4, 0.5) is 0 Å². The fourth-order valence-corrected chi connectivity index (χ4v) is 4.88. The predicted octanol–water partition coefficient (Wildman–Crippen LogP) is 2.25. The number of aromatic nitrogens is 5. The number of benzene rings is 1. The Balaban J connectivity index is 1.39. The van der Waals surface area contributed by atoms with Crippen molar-refractivity contribution in [1.29, 1.82) is 0 Å². The van der Waals surface area contributed by atoms with Crippen molar-refractivity contribution in [2.45, 2.75) is 18.8 Å². The Hall–Kier alpha value is -3.20. The third-order valence-electron chi connectivity index (χ3n) is 6.68. The van der Waals surface area contributed by atoms with Gasteiger partial charge in [0.1, 0.15) is 23.6 Å². The highest BCUT2D eigenvalue weighted by atomic mass is 16.5. The molecule has 0 aliphatic carbocycles. The maximum atomic E-state index is 13.4. The molecule has 9 nitrogen and oxygen atoms in total. The second-order valence-electron chi connectivity index (χ2n) is 8.41. The van der Waals surface area contributed by atoms with Gasteiger partial charge in [-0.25, -0.2) is 0 Å². The summed E-state index contributed by atoms with van der Waals surface area (Å²) in [4.78, 5) is 15.3. The molecule has 5 rings (SSSR count). The summed E-state index contributed by atoms with van der Waals surface area (Å²) in [6.07, 6.45) is 3.55. The van der Waals surface area contributed by atoms with E-state index in [1.807, 2.05) is 46.8 Å². The summed E-state index contributed by atoms with van der Waals surface area (Å²) < 4.78 is 12.8. The standard InChI is InChI=1S/C22H26N6O3/c1-27-14-23-26-20(27)17-12-28(13-22(17)7-9-31-10-8-22)21(29)19-11-18(24-25-19)15-3-5-16(30-2)6-4-15/h3-6,11,14,17H,7-10,12-13H2,1-2H3,(H,24,25). The Morgan fingerprint density at radius 2 is 2.03 bits per heavy atom. The SMILES string of the molecule is COc1ccc(-c2cc(C(=O)N3CC(c4nncn4C)C4(CCOCC4)C3)[nH]n2)cc1. The van der Waals surface area contributed by atoms with E-state index in [1.54, 1.807) is 13.4 Å². The number of likely N-dealkylation sites (tertiary alicyclic amines) is 1. The van der Waals surface area contributed by atoms with Gasteiger partial charge in [0.2, 0.25) is 0 Å². The highest BCUT2D eigenvalue weighted by molar-refractivity contribution is 5.93. The zero-order valence-corrected chi connectivity index (χ0v) is 17.7. The summed E-state index contributed by atoms with van der Waals surface area (Å²) in [7, 11) is 3.60. The van der Waals surface area contributed by atoms with Crippen LogP contribution in [-0.4, -0.2) is 69.2 Å². The van der Waals surface area contributed by atoms with Crippen LogP contribution < -0.4 is 4.74 Å². The van der Waals surface area contributed by atoms with Gasteiger partial charge in [-0.1, -0.05) is 0 Å². The molecular formula is C22H26N6O3. The summed E-state index contributed by atoms with van der Waals surface area (Å²) in [5.41, 5.74) is 2.12. The topological polar surface area (TPSA) is 98.2 Å². The Morgan fingerprint density at radius 3 is 2.71 bits per heavy atom. The van der Waals surface area contributed by atoms with Crippen molar-refractivity contribution in [3.05, 3.63) is 48.2 Å². The number of ether oxygens (including phenoxy) is 2. The Bertz CT molecular complexity index is 1070. The van der Waals surface area contributed by atoms with Gasteiger partial charge in [0, 0.05) is 50.2 Å². The quantitative estimate of drug-likeness (QED) is 0.693. The molecule has 0 saturated carbocycles. The molecule has 1 amide bonds. The summed E-state index contributed by atoms with van der Waals surface area (Å²) in [6.45, 7) is 2.72. The average molecular weight is 422 g/mol. The molecule has 1 spiro atoms. The van der Waals surface area contributed by atoms with Gasteiger partial charge < -0.3 is 18.9 Å². The molecule has 0 bridgehead atoms. The number of rotatable bonds is 4. The van der Waals surface area contributed by atoms with Gasteiger partial charge in [-0.3, -0.25) is 9.89 Å². The molecule has 0 radical (unpaired) electrons. The highest BCUT2D eigenvalue weighted by Crippen LogP contribution is 2.49. The fraction of sp³-hybridized carbons (Fsp3) is 0.455. The van der Waals surface area contributed by atoms with Crippen LogP contribution in [0.3, 0.4) is 0 Å². The number of nitrogens with zero attached hydrogens (tertiary/aromatic N) is 5. The minimum Gasteiger partial charge on any atom is -0.497 e. The normalized spacial score (nSPS) is 20.3. The van der Waals surface area contributed by atoms with Gasteiger partial charge in [-0.2, -0.15) is 5.10 Å². The van der Waals surface area contributed by atoms with Crippen LogP contribution in [0.2, 0.25) is 0 Å². The lowest BCUT2D eigenvalue weighted by molar-refractivity contribution is 0.0108. The largest absolute Gasteiger partial charge is 0.497 e. The number of aromatic amines is 1. The number of methoxy groups -OCH3 is 1. The van der Waals surface area contributed by atoms with E-state index in [-0.39, 0.29) is 17.2 Å². The Morgan fingerprint density at radius 1 is 1.26 bits per heavy atom. The van der Waals surface area contributed by atoms with E-state index in [0.29, 0.717) is 32.0 Å². The molecular weight excluding hydrogens is 396 g/mol. The van der Waals surface area contributed by atoms with Gasteiger partial charge in [0.15, 0.2) is 0 Å². The van der Waals surface area contributed by atoms with Crippen molar-refractivity contribution in [3.63, 3.8) is 0 Å². The second-order valence-corrected chi connectivity index (χ2v) is 8.41. The Labute approximate surface area is 180 Å². The Kier molecular flexibility index (Phi) is 4.97. The van der Waals surface area contributed by atoms with Crippen LogP contribution in [0.15, 0.2) is 36.7 Å². The lowest BCUT2D eigenvalue weighted by Gasteiger charge is -2.37. The zero-order valence-electron chi connectivity index (χ0n) is 17.7. The van der Waals surface area contributed by atoms with Crippen molar-refractivity contribution in [3.8, 4) is 17.0 Å². The third kappa shape index (κ3) is 3.48. The van der Waals surface area contributed by atoms with E-state index in [1.165, 1.54) is 0 Å². The van der Waals surface area contributed by atoms with E-state index in [2.05, 4.69) is 20.4 Å². The van der Waals surface area contributed by atoms with E-state index in [4.69, 9.17) is 9.47 Å². The van der Waals surface area contributed by atoms with Gasteiger partial charge in [0.25, 0.3) is 5.91 Å². The van der Waals surface area contributed by atoms with E-state index in [9.17, 15) is 4.79 Å². The van der Waals surface area contributed by atoms with Crippen LogP contribution in [0.5, 0.6) is 5.75 Å². The lowest BCUT2D eigenvalue weighted by atomic mass is 9.72. The average Bonchev–Trinajstić information content (AvgIpc) is 3.53. The van der Waals surface area contributed by atoms with Crippen molar-refractivity contribution in [1.82, 2.24) is 29.9 Å². The van der Waals surface area contributed by atoms with Gasteiger partial charge in [0.05, 0.1) is 12.8 Å². The molecule has 3 aromatic rings. The van der Waals surface area contributed by atoms with E-state index < -0.39 is 0 Å². The minimum atomic E-state index is -0.0391. The first-order chi connectivity index (χ1) is 15.1. The first-order valence-electron chi connectivity index (χ1n) is 10.5. The molecule has 2 aliphatic heterocycles. The number of hydrogen-bond donors (Lipinski definition) is 1. The lowest BCUT2D eigenvalue weighted by Crippen LogP contribution is -2.37. The van der Waals surface area contributed by atoms with Gasteiger partial charge in [-0.15, -0.1) is 10.2 Å². The number of carbonyl (C=O) groups excluding carboxylic acids is 1. The molecule has 1 N–H and O–H groups in total. The number of nitrogens with one attached hydrogen (secondary N) is 1. The van der Waals surface area contributed by atoms with Crippen LogP contribution >= 0.6 is 0 Å². The first kappa shape index (κ1) is 19.7. The molecule has 2 aliphatic rings. The molecule has 1 atom stereocenters. The number of H-pyrrole nitrogens is 1. The maximum Gasteiger partial charge on any atom is 0.271 e. The summed E-state index contributed by atoms with van der Waals surface area (Å²) >= 11 is 0. The monoisotopic (exact) mass is 422 g/mol. The zero-order chi connectivity index (χ0) is 21.4. The number of amides is 1. The number of aryl methyl sites for hydroxylation is 1. The molecule has 2 saturated heterocycles. The van der Waals surface area contributed by atoms with Crippen molar-refractivity contribution >= 4 is 5.91 Å². The molecule has 2 fully saturated rings. The minimum absolute atomic E-state index is 0.0342. The molecule has 31 heavy (non-hydrogen) atoms. The summed E-state index contributed by atoms with van der Waals surface area (Å²) in [6, 6.07) is 9.44. The van der Waals surface area contributed by atoms with Crippen LogP contribution in [0.1, 0.15) is 35.1 Å². The second kappa shape index (κ2) is 7.81.